The van der Waals surface area contributed by atoms with Gasteiger partial charge in [-0.15, -0.1) is 0 Å². The van der Waals surface area contributed by atoms with Gasteiger partial charge in [0, 0.05) is 12.7 Å². The van der Waals surface area contributed by atoms with Crippen molar-refractivity contribution in [1.82, 2.24) is 15.1 Å². The third-order valence-corrected chi connectivity index (χ3v) is 3.80. The number of nitrogens with zero attached hydrogens (tertiary/aromatic N) is 3. The average Bonchev–Trinajstić information content (AvgIpc) is 3.05. The quantitative estimate of drug-likeness (QED) is 0.670. The fourth-order valence-electron chi connectivity index (χ4n) is 2.22. The van der Waals surface area contributed by atoms with E-state index in [0.717, 1.165) is 11.1 Å². The van der Waals surface area contributed by atoms with Crippen molar-refractivity contribution in [2.24, 2.45) is 5.92 Å². The summed E-state index contributed by atoms with van der Waals surface area (Å²) in [5.41, 5.74) is 2.00. The molecule has 0 unspecified atom stereocenters. The van der Waals surface area contributed by atoms with Crippen LogP contribution in [0.5, 0.6) is 0 Å². The average molecular weight is 338 g/mol. The maximum atomic E-state index is 12.5. The van der Waals surface area contributed by atoms with E-state index < -0.39 is 17.6 Å². The Morgan fingerprint density at radius 1 is 1.28 bits per heavy atom. The Morgan fingerprint density at radius 3 is 2.44 bits per heavy atom. The second-order valence-electron chi connectivity index (χ2n) is 6.97. The fourth-order valence-corrected chi connectivity index (χ4v) is 2.22. The zero-order chi connectivity index (χ0) is 18.6. The molecular weight excluding hydrogens is 316 g/mol. The number of Topliss-reactive ketones (excluding diaryl/α,β-unsaturated/α-hetero) is 1. The highest BCUT2D eigenvalue weighted by atomic mass is 16.2. The van der Waals surface area contributed by atoms with E-state index in [1.54, 1.807) is 16.9 Å². The fraction of sp³-hybridized carbons (Fsp3) is 0.368. The molecule has 130 valence electrons. The minimum absolute atomic E-state index is 0.256. The Balaban J connectivity index is 2.06. The lowest BCUT2D eigenvalue weighted by Crippen LogP contribution is -2.34. The highest BCUT2D eigenvalue weighted by Gasteiger charge is 2.29. The number of amides is 1. The van der Waals surface area contributed by atoms with E-state index in [9.17, 15) is 14.9 Å². The number of hydrogen-bond acceptors (Lipinski definition) is 4. The minimum Gasteiger partial charge on any atom is -0.350 e. The van der Waals surface area contributed by atoms with Crippen LogP contribution in [0.1, 0.15) is 42.3 Å². The molecule has 0 spiro atoms. The van der Waals surface area contributed by atoms with Gasteiger partial charge in [0.15, 0.2) is 11.7 Å². The van der Waals surface area contributed by atoms with Crippen LogP contribution < -0.4 is 5.32 Å². The largest absolute Gasteiger partial charge is 0.350 e. The second kappa shape index (κ2) is 7.31. The number of nitriles is 1. The summed E-state index contributed by atoms with van der Waals surface area (Å²) in [6.45, 7) is 8.09. The van der Waals surface area contributed by atoms with E-state index in [4.69, 9.17) is 0 Å². The Morgan fingerprint density at radius 2 is 1.92 bits per heavy atom. The van der Waals surface area contributed by atoms with Gasteiger partial charge in [0.25, 0.3) is 0 Å². The van der Waals surface area contributed by atoms with Crippen LogP contribution in [0.3, 0.4) is 0 Å². The van der Waals surface area contributed by atoms with Crippen LogP contribution in [0.2, 0.25) is 0 Å². The van der Waals surface area contributed by atoms with E-state index >= 15 is 0 Å². The van der Waals surface area contributed by atoms with E-state index in [1.165, 1.54) is 6.20 Å². The van der Waals surface area contributed by atoms with Gasteiger partial charge < -0.3 is 5.32 Å². The Hall–Kier alpha value is -2.94. The first-order valence-corrected chi connectivity index (χ1v) is 8.04. The smallest absolute Gasteiger partial charge is 0.245 e. The number of carbonyl (C=O) groups is 2. The van der Waals surface area contributed by atoms with Crippen molar-refractivity contribution in [3.63, 3.8) is 0 Å². The minimum atomic E-state index is -1.39. The molecule has 0 saturated heterocycles. The number of nitrogens with one attached hydrogen (secondary N) is 1. The number of benzene rings is 1. The van der Waals surface area contributed by atoms with Crippen LogP contribution in [0.4, 0.5) is 0 Å². The first kappa shape index (κ1) is 18.4. The number of aromatic nitrogens is 2. The molecule has 2 aromatic rings. The van der Waals surface area contributed by atoms with Crippen molar-refractivity contribution in [2.75, 3.05) is 0 Å². The van der Waals surface area contributed by atoms with Crippen LogP contribution in [0, 0.1) is 24.2 Å². The summed E-state index contributed by atoms with van der Waals surface area (Å²) in [6, 6.07) is 9.46. The van der Waals surface area contributed by atoms with Gasteiger partial charge in [0.1, 0.15) is 0 Å². The van der Waals surface area contributed by atoms with Crippen molar-refractivity contribution >= 4 is 11.7 Å². The first-order chi connectivity index (χ1) is 11.7. The van der Waals surface area contributed by atoms with Crippen molar-refractivity contribution < 1.29 is 9.59 Å². The molecule has 0 radical (unpaired) electrons. The van der Waals surface area contributed by atoms with Crippen LogP contribution in [-0.4, -0.2) is 21.5 Å². The second-order valence-corrected chi connectivity index (χ2v) is 6.97. The van der Waals surface area contributed by atoms with Crippen molar-refractivity contribution in [3.8, 4) is 6.07 Å². The molecule has 0 aliphatic carbocycles. The monoisotopic (exact) mass is 338 g/mol. The maximum Gasteiger partial charge on any atom is 0.245 e. The van der Waals surface area contributed by atoms with Gasteiger partial charge in [0.2, 0.25) is 5.91 Å². The molecule has 0 fully saturated rings. The third-order valence-electron chi connectivity index (χ3n) is 3.80. The molecule has 0 aliphatic rings. The standard InChI is InChI=1S/C19H22N4O2/c1-13-5-7-14(8-6-13)10-21-18(25)16(9-20)17(24)15-11-22-23(12-15)19(2,3)4/h5-8,11-12,16H,10H2,1-4H3,(H,21,25)/t16-/m0/s1. The van der Waals surface area contributed by atoms with Crippen LogP contribution in [0.15, 0.2) is 36.7 Å². The number of hydrogen-bond donors (Lipinski definition) is 1. The molecule has 2 rings (SSSR count). The van der Waals surface area contributed by atoms with Crippen molar-refractivity contribution in [2.45, 2.75) is 39.8 Å². The summed E-state index contributed by atoms with van der Waals surface area (Å²) < 4.78 is 1.64. The number of ketones is 1. The summed E-state index contributed by atoms with van der Waals surface area (Å²) in [6.07, 6.45) is 2.96. The number of aryl methyl sites for hydroxylation is 1. The van der Waals surface area contributed by atoms with Crippen molar-refractivity contribution in [1.29, 1.82) is 5.26 Å². The van der Waals surface area contributed by atoms with Crippen molar-refractivity contribution in [3.05, 3.63) is 53.3 Å². The molecule has 0 aliphatic heterocycles. The van der Waals surface area contributed by atoms with Crippen LogP contribution in [-0.2, 0) is 16.9 Å². The van der Waals surface area contributed by atoms with Gasteiger partial charge >= 0.3 is 0 Å². The molecule has 25 heavy (non-hydrogen) atoms. The molecule has 6 heteroatoms. The Kier molecular flexibility index (Phi) is 5.38. The molecule has 1 atom stereocenters. The summed E-state index contributed by atoms with van der Waals surface area (Å²) in [5, 5.41) is 16.1. The SMILES string of the molecule is Cc1ccc(CNC(=O)[C@@H](C#N)C(=O)c2cnn(C(C)(C)C)c2)cc1. The van der Waals surface area contributed by atoms with E-state index in [1.807, 2.05) is 52.0 Å². The van der Waals surface area contributed by atoms with Gasteiger partial charge in [0.05, 0.1) is 23.4 Å². The van der Waals surface area contributed by atoms with Crippen LogP contribution >= 0.6 is 0 Å². The highest BCUT2D eigenvalue weighted by Crippen LogP contribution is 2.16. The zero-order valence-corrected chi connectivity index (χ0v) is 14.9. The highest BCUT2D eigenvalue weighted by molar-refractivity contribution is 6.11. The summed E-state index contributed by atoms with van der Waals surface area (Å²) in [7, 11) is 0. The molecule has 1 aromatic carbocycles. The molecular formula is C19H22N4O2. The van der Waals surface area contributed by atoms with Gasteiger partial charge in [-0.25, -0.2) is 0 Å². The lowest BCUT2D eigenvalue weighted by Gasteiger charge is -2.18. The molecule has 0 saturated carbocycles. The van der Waals surface area contributed by atoms with Gasteiger partial charge in [-0.2, -0.15) is 10.4 Å². The molecule has 0 bridgehead atoms. The summed E-state index contributed by atoms with van der Waals surface area (Å²) in [5.74, 6) is -2.53. The molecule has 1 heterocycles. The summed E-state index contributed by atoms with van der Waals surface area (Å²) >= 11 is 0. The van der Waals surface area contributed by atoms with Gasteiger partial charge in [-0.1, -0.05) is 29.8 Å². The van der Waals surface area contributed by atoms with Crippen LogP contribution in [0.25, 0.3) is 0 Å². The number of rotatable bonds is 5. The summed E-state index contributed by atoms with van der Waals surface area (Å²) in [4.78, 5) is 24.7. The normalized spacial score (nSPS) is 12.3. The van der Waals surface area contributed by atoms with E-state index in [-0.39, 0.29) is 17.6 Å². The Labute approximate surface area is 147 Å². The van der Waals surface area contributed by atoms with Gasteiger partial charge in [-0.3, -0.25) is 14.3 Å². The predicted molar refractivity (Wildman–Crippen MR) is 93.7 cm³/mol. The van der Waals surface area contributed by atoms with E-state index in [2.05, 4.69) is 10.4 Å². The van der Waals surface area contributed by atoms with E-state index in [0.29, 0.717) is 0 Å². The first-order valence-electron chi connectivity index (χ1n) is 8.04. The lowest BCUT2D eigenvalue weighted by atomic mass is 10.00. The number of carbonyl (C=O) groups excluding carboxylic acids is 2. The molecule has 6 nitrogen and oxygen atoms in total. The molecule has 1 amide bonds. The Bertz CT molecular complexity index is 807. The zero-order valence-electron chi connectivity index (χ0n) is 14.9. The van der Waals surface area contributed by atoms with Gasteiger partial charge in [-0.05, 0) is 33.3 Å². The topological polar surface area (TPSA) is 87.8 Å². The lowest BCUT2D eigenvalue weighted by molar-refractivity contribution is -0.122. The maximum absolute atomic E-state index is 12.5. The third kappa shape index (κ3) is 4.54. The molecule has 1 N–H and O–H groups in total. The molecule has 1 aromatic heterocycles. The predicted octanol–water partition coefficient (Wildman–Crippen LogP) is 2.59.